The van der Waals surface area contributed by atoms with Crippen LogP contribution >= 0.6 is 0 Å². The van der Waals surface area contributed by atoms with Gasteiger partial charge in [0.15, 0.2) is 0 Å². The first kappa shape index (κ1) is 13.9. The number of carbonyl (C=O) groups is 1. The first-order valence-electron chi connectivity index (χ1n) is 7.41. The molecule has 2 aliphatic heterocycles. The maximum atomic E-state index is 12.5. The fraction of sp³-hybridized carbons (Fsp3) is 0.500. The molecule has 2 saturated heterocycles. The average molecular weight is 285 g/mol. The Balaban J connectivity index is 1.65. The van der Waals surface area contributed by atoms with Crippen LogP contribution in [0.3, 0.4) is 0 Å². The van der Waals surface area contributed by atoms with Gasteiger partial charge in [-0.15, -0.1) is 0 Å². The molecular formula is C16H19N3O2. The largest absolute Gasteiger partial charge is 0.508 e. The summed E-state index contributed by atoms with van der Waals surface area (Å²) < 4.78 is 0. The number of phenolic OH excluding ortho intramolecular Hbond substituents is 1. The Labute approximate surface area is 124 Å². The number of benzene rings is 1. The highest BCUT2D eigenvalue weighted by Gasteiger charge is 2.37. The molecule has 2 N–H and O–H groups in total. The minimum atomic E-state index is -0.257. The minimum Gasteiger partial charge on any atom is -0.508 e. The van der Waals surface area contributed by atoms with Gasteiger partial charge in [-0.2, -0.15) is 5.26 Å². The second-order valence-corrected chi connectivity index (χ2v) is 5.80. The molecule has 5 heteroatoms. The third kappa shape index (κ3) is 2.72. The van der Waals surface area contributed by atoms with Gasteiger partial charge in [0.25, 0.3) is 0 Å². The van der Waals surface area contributed by atoms with Crippen molar-refractivity contribution in [2.24, 2.45) is 0 Å². The zero-order chi connectivity index (χ0) is 14.8. The number of hydrogen-bond donors (Lipinski definition) is 2. The van der Waals surface area contributed by atoms with E-state index in [9.17, 15) is 9.90 Å². The van der Waals surface area contributed by atoms with Gasteiger partial charge in [-0.3, -0.25) is 4.79 Å². The molecule has 2 fully saturated rings. The van der Waals surface area contributed by atoms with E-state index in [1.807, 2.05) is 12.1 Å². The summed E-state index contributed by atoms with van der Waals surface area (Å²) in [6.07, 6.45) is 2.45. The van der Waals surface area contributed by atoms with Crippen molar-refractivity contribution in [2.45, 2.75) is 37.3 Å². The average Bonchev–Trinajstić information content (AvgIpc) is 3.16. The lowest BCUT2D eigenvalue weighted by molar-refractivity contribution is -0.133. The van der Waals surface area contributed by atoms with Crippen LogP contribution in [0.5, 0.6) is 5.75 Å². The molecule has 3 rings (SSSR count). The zero-order valence-corrected chi connectivity index (χ0v) is 11.8. The van der Waals surface area contributed by atoms with Gasteiger partial charge in [0, 0.05) is 13.1 Å². The van der Waals surface area contributed by atoms with E-state index in [1.165, 1.54) is 0 Å². The van der Waals surface area contributed by atoms with Crippen molar-refractivity contribution in [2.75, 3.05) is 13.1 Å². The van der Waals surface area contributed by atoms with Crippen LogP contribution in [0.4, 0.5) is 0 Å². The summed E-state index contributed by atoms with van der Waals surface area (Å²) in [6.45, 7) is 1.45. The number of aromatic hydroxyl groups is 1. The molecule has 0 saturated carbocycles. The van der Waals surface area contributed by atoms with E-state index in [4.69, 9.17) is 5.26 Å². The predicted molar refractivity (Wildman–Crippen MR) is 77.6 cm³/mol. The van der Waals surface area contributed by atoms with Crippen molar-refractivity contribution in [3.63, 3.8) is 0 Å². The quantitative estimate of drug-likeness (QED) is 0.860. The van der Waals surface area contributed by atoms with Crippen molar-refractivity contribution in [3.05, 3.63) is 29.8 Å². The SMILES string of the molecule is N#C[C@@H]1CCCN1C(=O)[C@@H]1C[C@H](c2ccc(O)cc2)CN1. The molecular weight excluding hydrogens is 266 g/mol. The van der Waals surface area contributed by atoms with Gasteiger partial charge < -0.3 is 15.3 Å². The molecule has 0 spiro atoms. The minimum absolute atomic E-state index is 0.0559. The molecule has 0 aromatic heterocycles. The van der Waals surface area contributed by atoms with Crippen LogP contribution in [0.25, 0.3) is 0 Å². The molecule has 110 valence electrons. The Morgan fingerprint density at radius 1 is 1.38 bits per heavy atom. The third-order valence-electron chi connectivity index (χ3n) is 4.48. The first-order valence-corrected chi connectivity index (χ1v) is 7.41. The summed E-state index contributed by atoms with van der Waals surface area (Å²) in [5, 5.41) is 21.7. The number of hydrogen-bond acceptors (Lipinski definition) is 4. The highest BCUT2D eigenvalue weighted by atomic mass is 16.3. The molecule has 1 aromatic rings. The van der Waals surface area contributed by atoms with Crippen LogP contribution in [0, 0.1) is 11.3 Å². The summed E-state index contributed by atoms with van der Waals surface area (Å²) in [7, 11) is 0. The molecule has 2 aliphatic rings. The molecule has 2 heterocycles. The van der Waals surface area contributed by atoms with Crippen LogP contribution in [0.2, 0.25) is 0 Å². The number of phenols is 1. The number of amides is 1. The van der Waals surface area contributed by atoms with Gasteiger partial charge in [-0.05, 0) is 42.9 Å². The molecule has 0 aliphatic carbocycles. The maximum Gasteiger partial charge on any atom is 0.240 e. The standard InChI is InChI=1S/C16H19N3O2/c17-9-13-2-1-7-19(13)16(21)15-8-12(10-18-15)11-3-5-14(20)6-4-11/h3-6,12-13,15,18,20H,1-2,7-8,10H2/t12-,13-,15-/m0/s1. The molecule has 5 nitrogen and oxygen atoms in total. The van der Waals surface area contributed by atoms with E-state index in [-0.39, 0.29) is 29.7 Å². The molecule has 1 aromatic carbocycles. The smallest absolute Gasteiger partial charge is 0.240 e. The maximum absolute atomic E-state index is 12.5. The lowest BCUT2D eigenvalue weighted by Gasteiger charge is -2.23. The zero-order valence-electron chi connectivity index (χ0n) is 11.8. The molecule has 3 atom stereocenters. The molecule has 0 radical (unpaired) electrons. The Bertz CT molecular complexity index is 564. The Morgan fingerprint density at radius 2 is 2.14 bits per heavy atom. The molecule has 0 bridgehead atoms. The fourth-order valence-corrected chi connectivity index (χ4v) is 3.29. The van der Waals surface area contributed by atoms with Gasteiger partial charge in [0.2, 0.25) is 5.91 Å². The van der Waals surface area contributed by atoms with Crippen LogP contribution < -0.4 is 5.32 Å². The van der Waals surface area contributed by atoms with Crippen LogP contribution in [-0.2, 0) is 4.79 Å². The van der Waals surface area contributed by atoms with Crippen molar-refractivity contribution < 1.29 is 9.90 Å². The fourth-order valence-electron chi connectivity index (χ4n) is 3.29. The van der Waals surface area contributed by atoms with E-state index < -0.39 is 0 Å². The predicted octanol–water partition coefficient (Wildman–Crippen LogP) is 1.35. The van der Waals surface area contributed by atoms with Gasteiger partial charge in [0.05, 0.1) is 12.1 Å². The first-order chi connectivity index (χ1) is 10.2. The van der Waals surface area contributed by atoms with Gasteiger partial charge in [-0.1, -0.05) is 12.1 Å². The van der Waals surface area contributed by atoms with E-state index in [0.29, 0.717) is 6.54 Å². The Hall–Kier alpha value is -2.06. The summed E-state index contributed by atoms with van der Waals surface area (Å²) in [4.78, 5) is 14.2. The summed E-state index contributed by atoms with van der Waals surface area (Å²) >= 11 is 0. The van der Waals surface area contributed by atoms with Crippen molar-refractivity contribution >= 4 is 5.91 Å². The number of carbonyl (C=O) groups excluding carboxylic acids is 1. The number of nitrogens with zero attached hydrogens (tertiary/aromatic N) is 2. The van der Waals surface area contributed by atoms with Gasteiger partial charge in [0.1, 0.15) is 11.8 Å². The molecule has 1 amide bonds. The van der Waals surface area contributed by atoms with Gasteiger partial charge >= 0.3 is 0 Å². The second-order valence-electron chi connectivity index (χ2n) is 5.80. The normalized spacial score (nSPS) is 28.5. The lowest BCUT2D eigenvalue weighted by Crippen LogP contribution is -2.45. The Morgan fingerprint density at radius 3 is 2.86 bits per heavy atom. The van der Waals surface area contributed by atoms with Crippen LogP contribution in [0.15, 0.2) is 24.3 Å². The van der Waals surface area contributed by atoms with Crippen molar-refractivity contribution in [1.29, 1.82) is 5.26 Å². The summed E-state index contributed by atoms with van der Waals surface area (Å²) in [6, 6.07) is 8.93. The third-order valence-corrected chi connectivity index (χ3v) is 4.48. The number of nitriles is 1. The monoisotopic (exact) mass is 285 g/mol. The van der Waals surface area contributed by atoms with E-state index >= 15 is 0 Å². The number of likely N-dealkylation sites (tertiary alicyclic amines) is 1. The van der Waals surface area contributed by atoms with Crippen LogP contribution in [-0.4, -0.2) is 41.1 Å². The lowest BCUT2D eigenvalue weighted by atomic mass is 9.96. The number of rotatable bonds is 2. The molecule has 21 heavy (non-hydrogen) atoms. The van der Waals surface area contributed by atoms with E-state index in [1.54, 1.807) is 17.0 Å². The highest BCUT2D eigenvalue weighted by Crippen LogP contribution is 2.29. The second kappa shape index (κ2) is 5.74. The Kier molecular flexibility index (Phi) is 3.80. The van der Waals surface area contributed by atoms with E-state index in [0.717, 1.165) is 31.4 Å². The van der Waals surface area contributed by atoms with Crippen LogP contribution in [0.1, 0.15) is 30.7 Å². The van der Waals surface area contributed by atoms with Crippen molar-refractivity contribution in [1.82, 2.24) is 10.2 Å². The van der Waals surface area contributed by atoms with Gasteiger partial charge in [-0.25, -0.2) is 0 Å². The topological polar surface area (TPSA) is 76.4 Å². The summed E-state index contributed by atoms with van der Waals surface area (Å²) in [5.41, 5.74) is 1.13. The molecule has 0 unspecified atom stereocenters. The summed E-state index contributed by atoms with van der Waals surface area (Å²) in [5.74, 6) is 0.592. The van der Waals surface area contributed by atoms with E-state index in [2.05, 4.69) is 11.4 Å². The number of nitrogens with one attached hydrogen (secondary N) is 1. The highest BCUT2D eigenvalue weighted by molar-refractivity contribution is 5.83. The van der Waals surface area contributed by atoms with Crippen molar-refractivity contribution in [3.8, 4) is 11.8 Å².